The predicted octanol–water partition coefficient (Wildman–Crippen LogP) is 2.00. The second-order valence-corrected chi connectivity index (χ2v) is 7.39. The van der Waals surface area contributed by atoms with Crippen molar-refractivity contribution in [3.05, 3.63) is 24.3 Å². The van der Waals surface area contributed by atoms with Gasteiger partial charge >= 0.3 is 5.97 Å². The largest absolute Gasteiger partial charge is 0.425 e. The molecule has 122 valence electrons. The van der Waals surface area contributed by atoms with Crippen LogP contribution >= 0.6 is 11.8 Å². The fraction of sp³-hybridized carbons (Fsp3) is 0.438. The van der Waals surface area contributed by atoms with E-state index in [0.29, 0.717) is 23.6 Å². The van der Waals surface area contributed by atoms with Crippen molar-refractivity contribution < 1.29 is 19.1 Å². The fourth-order valence-corrected chi connectivity index (χ4v) is 4.41. The third-order valence-corrected chi connectivity index (χ3v) is 5.62. The van der Waals surface area contributed by atoms with Crippen LogP contribution in [0.4, 0.5) is 5.69 Å². The molecule has 2 heterocycles. The molecule has 2 amide bonds. The molecule has 3 rings (SSSR count). The molecular formula is C16H18N2O4S. The number of rotatable bonds is 3. The Morgan fingerprint density at radius 3 is 2.70 bits per heavy atom. The molecule has 2 fully saturated rings. The van der Waals surface area contributed by atoms with E-state index >= 15 is 0 Å². The summed E-state index contributed by atoms with van der Waals surface area (Å²) < 4.78 is 5.40. The maximum atomic E-state index is 12.4. The van der Waals surface area contributed by atoms with Crippen molar-refractivity contribution >= 4 is 35.2 Å². The molecule has 1 aromatic carbocycles. The Morgan fingerprint density at radius 1 is 1.35 bits per heavy atom. The van der Waals surface area contributed by atoms with Crippen LogP contribution in [-0.2, 0) is 14.4 Å². The van der Waals surface area contributed by atoms with Gasteiger partial charge in [0, 0.05) is 24.8 Å². The minimum Gasteiger partial charge on any atom is -0.425 e. The molecule has 0 radical (unpaired) electrons. The lowest BCUT2D eigenvalue weighted by Crippen LogP contribution is -2.47. The van der Waals surface area contributed by atoms with Gasteiger partial charge in [0.15, 0.2) is 0 Å². The molecule has 2 aliphatic heterocycles. The molecule has 0 aliphatic carbocycles. The number of esters is 1. The smallest absolute Gasteiger partial charge is 0.335 e. The highest BCUT2D eigenvalue weighted by molar-refractivity contribution is 8.01. The lowest BCUT2D eigenvalue weighted by Gasteiger charge is -2.29. The molecule has 1 aromatic rings. The van der Waals surface area contributed by atoms with E-state index < -0.39 is 12.0 Å². The van der Waals surface area contributed by atoms with Gasteiger partial charge < -0.3 is 15.0 Å². The third-order valence-electron chi connectivity index (χ3n) is 4.11. The first-order valence-corrected chi connectivity index (χ1v) is 8.43. The van der Waals surface area contributed by atoms with Crippen LogP contribution in [0, 0.1) is 0 Å². The number of benzene rings is 1. The first-order valence-electron chi connectivity index (χ1n) is 7.44. The fourth-order valence-electron chi connectivity index (χ4n) is 2.99. The minimum atomic E-state index is -0.532. The van der Waals surface area contributed by atoms with Gasteiger partial charge in [0.25, 0.3) is 0 Å². The van der Waals surface area contributed by atoms with Crippen molar-refractivity contribution in [1.29, 1.82) is 0 Å². The molecule has 2 atom stereocenters. The zero-order chi connectivity index (χ0) is 16.6. The quantitative estimate of drug-likeness (QED) is 0.676. The van der Waals surface area contributed by atoms with Crippen molar-refractivity contribution in [2.75, 3.05) is 11.1 Å². The summed E-state index contributed by atoms with van der Waals surface area (Å²) in [6.07, 6.45) is 1.25. The molecule has 2 aliphatic rings. The third kappa shape index (κ3) is 3.06. The maximum Gasteiger partial charge on any atom is 0.335 e. The highest BCUT2D eigenvalue weighted by Gasteiger charge is 2.53. The van der Waals surface area contributed by atoms with Gasteiger partial charge in [-0.05, 0) is 37.6 Å². The number of anilines is 1. The van der Waals surface area contributed by atoms with Crippen LogP contribution in [0.3, 0.4) is 0 Å². The Morgan fingerprint density at radius 2 is 2.04 bits per heavy atom. The van der Waals surface area contributed by atoms with Gasteiger partial charge in [-0.25, -0.2) is 4.79 Å². The monoisotopic (exact) mass is 334 g/mol. The van der Waals surface area contributed by atoms with E-state index in [1.165, 1.54) is 6.92 Å². The molecule has 0 spiro atoms. The molecule has 0 aromatic heterocycles. The van der Waals surface area contributed by atoms with Gasteiger partial charge in [-0.15, -0.1) is 11.8 Å². The molecule has 6 nitrogen and oxygen atoms in total. The van der Waals surface area contributed by atoms with Crippen LogP contribution in [0.15, 0.2) is 24.3 Å². The lowest BCUT2D eigenvalue weighted by atomic mass is 10.2. The molecular weight excluding hydrogens is 316 g/mol. The number of ether oxygens (including phenoxy) is 1. The molecule has 1 N–H and O–H groups in total. The Hall–Kier alpha value is -2.02. The number of thioether (sulfide) groups is 1. The van der Waals surface area contributed by atoms with Crippen LogP contribution in [0.2, 0.25) is 0 Å². The summed E-state index contributed by atoms with van der Waals surface area (Å²) in [6, 6.07) is 6.04. The normalized spacial score (nSPS) is 26.1. The number of carbonyl (C=O) groups excluding carboxylic acids is 3. The van der Waals surface area contributed by atoms with Crippen molar-refractivity contribution in [2.24, 2.45) is 0 Å². The number of nitrogens with zero attached hydrogens (tertiary/aromatic N) is 1. The van der Waals surface area contributed by atoms with Gasteiger partial charge in [0.1, 0.15) is 11.8 Å². The first kappa shape index (κ1) is 15.9. The predicted molar refractivity (Wildman–Crippen MR) is 87.1 cm³/mol. The van der Waals surface area contributed by atoms with Gasteiger partial charge in [-0.3, -0.25) is 9.59 Å². The van der Waals surface area contributed by atoms with Crippen molar-refractivity contribution in [1.82, 2.24) is 4.90 Å². The maximum absolute atomic E-state index is 12.4. The van der Waals surface area contributed by atoms with Crippen molar-refractivity contribution in [3.8, 4) is 5.75 Å². The van der Waals surface area contributed by atoms with Crippen LogP contribution < -0.4 is 10.1 Å². The Labute approximate surface area is 138 Å². The molecule has 23 heavy (non-hydrogen) atoms. The molecule has 0 bridgehead atoms. The Bertz CT molecular complexity index is 661. The van der Waals surface area contributed by atoms with E-state index in [1.54, 1.807) is 40.9 Å². The number of carbonyl (C=O) groups is 3. The molecule has 7 heteroatoms. The number of fused-ring (bicyclic) bond motifs is 1. The number of hydrogen-bond acceptors (Lipinski definition) is 5. The summed E-state index contributed by atoms with van der Waals surface area (Å²) in [4.78, 5) is 36.8. The zero-order valence-electron chi connectivity index (χ0n) is 13.0. The van der Waals surface area contributed by atoms with E-state index in [0.717, 1.165) is 6.42 Å². The average Bonchev–Trinajstić information content (AvgIpc) is 2.98. The van der Waals surface area contributed by atoms with Gasteiger partial charge in [-0.2, -0.15) is 0 Å². The number of nitrogens with one attached hydrogen (secondary N) is 1. The van der Waals surface area contributed by atoms with E-state index in [1.807, 2.05) is 6.92 Å². The van der Waals surface area contributed by atoms with Gasteiger partial charge in [0.05, 0.1) is 4.87 Å². The van der Waals surface area contributed by atoms with Gasteiger partial charge in [0.2, 0.25) is 11.8 Å². The summed E-state index contributed by atoms with van der Waals surface area (Å²) in [5.74, 6) is 0.397. The SMILES string of the molecule is CC(=O)Nc1ccc(OC(=O)[C@H]2CS[C@]3(C)CCC(=O)N23)cc1. The van der Waals surface area contributed by atoms with E-state index in [2.05, 4.69) is 5.32 Å². The van der Waals surface area contributed by atoms with Gasteiger partial charge in [-0.1, -0.05) is 0 Å². The summed E-state index contributed by atoms with van der Waals surface area (Å²) in [5.41, 5.74) is 0.635. The molecule has 0 unspecified atom stereocenters. The van der Waals surface area contributed by atoms with Crippen molar-refractivity contribution in [3.63, 3.8) is 0 Å². The van der Waals surface area contributed by atoms with Crippen molar-refractivity contribution in [2.45, 2.75) is 37.6 Å². The lowest BCUT2D eigenvalue weighted by molar-refractivity contribution is -0.146. The first-order chi connectivity index (χ1) is 10.9. The minimum absolute atomic E-state index is 0.0143. The highest BCUT2D eigenvalue weighted by Crippen LogP contribution is 2.47. The zero-order valence-corrected chi connectivity index (χ0v) is 13.8. The highest BCUT2D eigenvalue weighted by atomic mass is 32.2. The van der Waals surface area contributed by atoms with Crippen LogP contribution in [0.5, 0.6) is 5.75 Å². The van der Waals surface area contributed by atoms with Crippen LogP contribution in [0.1, 0.15) is 26.7 Å². The average molecular weight is 334 g/mol. The second-order valence-electron chi connectivity index (χ2n) is 5.89. The van der Waals surface area contributed by atoms with E-state index in [9.17, 15) is 14.4 Å². The Balaban J connectivity index is 1.67. The summed E-state index contributed by atoms with van der Waals surface area (Å²) in [5, 5.41) is 2.65. The molecule has 2 saturated heterocycles. The number of hydrogen-bond donors (Lipinski definition) is 1. The van der Waals surface area contributed by atoms with Crippen LogP contribution in [-0.4, -0.2) is 39.3 Å². The number of amides is 2. The molecule has 0 saturated carbocycles. The second kappa shape index (κ2) is 5.88. The van der Waals surface area contributed by atoms with E-state index in [-0.39, 0.29) is 16.7 Å². The topological polar surface area (TPSA) is 75.7 Å². The standard InChI is InChI=1S/C16H18N2O4S/c1-10(19)17-11-3-5-12(6-4-11)22-15(21)13-9-23-16(2)8-7-14(20)18(13)16/h3-6,13H,7-9H2,1-2H3,(H,17,19)/t13-,16-/m1/s1. The van der Waals surface area contributed by atoms with E-state index in [4.69, 9.17) is 4.74 Å². The summed E-state index contributed by atoms with van der Waals surface area (Å²) in [7, 11) is 0. The summed E-state index contributed by atoms with van der Waals surface area (Å²) in [6.45, 7) is 3.42. The van der Waals surface area contributed by atoms with Crippen LogP contribution in [0.25, 0.3) is 0 Å². The summed E-state index contributed by atoms with van der Waals surface area (Å²) >= 11 is 1.63. The Kier molecular flexibility index (Phi) is 4.06.